The molecule has 0 unspecified atom stereocenters. The molecule has 1 aliphatic heterocycles. The number of halogens is 1. The van der Waals surface area contributed by atoms with Crippen LogP contribution >= 0.6 is 22.9 Å². The van der Waals surface area contributed by atoms with E-state index in [0.29, 0.717) is 5.69 Å². The highest BCUT2D eigenvalue weighted by Gasteiger charge is 2.20. The summed E-state index contributed by atoms with van der Waals surface area (Å²) >= 11 is 7.00. The Morgan fingerprint density at radius 2 is 2.39 bits per heavy atom. The van der Waals surface area contributed by atoms with Crippen LogP contribution in [0.1, 0.15) is 16.3 Å². The fourth-order valence-corrected chi connectivity index (χ4v) is 2.94. The Morgan fingerprint density at radius 3 is 3.22 bits per heavy atom. The first-order valence-electron chi connectivity index (χ1n) is 5.57. The number of rotatable bonds is 3. The second kappa shape index (κ2) is 4.70. The molecule has 0 aliphatic carbocycles. The van der Waals surface area contributed by atoms with Gasteiger partial charge in [0.1, 0.15) is 11.5 Å². The van der Waals surface area contributed by atoms with Crippen LogP contribution in [0.5, 0.6) is 0 Å². The third-order valence-corrected chi connectivity index (χ3v) is 4.06. The summed E-state index contributed by atoms with van der Waals surface area (Å²) in [5.41, 5.74) is 0.457. The predicted octanol–water partition coefficient (Wildman–Crippen LogP) is 1.78. The van der Waals surface area contributed by atoms with Crippen LogP contribution in [0.3, 0.4) is 0 Å². The van der Waals surface area contributed by atoms with E-state index in [4.69, 9.17) is 11.6 Å². The zero-order chi connectivity index (χ0) is 12.5. The van der Waals surface area contributed by atoms with Gasteiger partial charge in [0.25, 0.3) is 0 Å². The normalized spacial score (nSPS) is 14.6. The van der Waals surface area contributed by atoms with Gasteiger partial charge in [0, 0.05) is 30.9 Å². The Hall–Kier alpha value is -1.40. The lowest BCUT2D eigenvalue weighted by Crippen LogP contribution is -2.33. The maximum atomic E-state index is 11.4. The van der Waals surface area contributed by atoms with Crippen molar-refractivity contribution in [2.45, 2.75) is 13.1 Å². The molecule has 0 aromatic carbocycles. The number of imidazole rings is 1. The van der Waals surface area contributed by atoms with Crippen molar-refractivity contribution in [1.82, 2.24) is 14.5 Å². The molecule has 0 N–H and O–H groups in total. The van der Waals surface area contributed by atoms with Crippen LogP contribution in [-0.4, -0.2) is 32.7 Å². The highest BCUT2D eigenvalue weighted by Crippen LogP contribution is 2.24. The van der Waals surface area contributed by atoms with Gasteiger partial charge in [0.15, 0.2) is 10.9 Å². The number of ketones is 1. The monoisotopic (exact) mass is 282 g/mol. The second-order valence-electron chi connectivity index (χ2n) is 4.03. The third-order valence-electron chi connectivity index (χ3n) is 2.91. The first-order chi connectivity index (χ1) is 8.78. The lowest BCUT2D eigenvalue weighted by atomic mass is 10.3. The molecule has 5 nitrogen and oxygen atoms in total. The van der Waals surface area contributed by atoms with Crippen molar-refractivity contribution in [3.05, 3.63) is 29.3 Å². The SMILES string of the molecule is O=C(CCl)c1csc(N2CCn3ccnc3C2)n1. The number of thiazole rings is 1. The molecule has 0 amide bonds. The van der Waals surface area contributed by atoms with E-state index >= 15 is 0 Å². The zero-order valence-corrected chi connectivity index (χ0v) is 11.1. The largest absolute Gasteiger partial charge is 0.339 e. The van der Waals surface area contributed by atoms with Crippen LogP contribution in [0, 0.1) is 0 Å². The van der Waals surface area contributed by atoms with Crippen molar-refractivity contribution in [3.63, 3.8) is 0 Å². The molecular formula is C11H11ClN4OS. The number of aromatic nitrogens is 3. The second-order valence-corrected chi connectivity index (χ2v) is 5.13. The minimum atomic E-state index is -0.127. The lowest BCUT2D eigenvalue weighted by molar-refractivity contribution is 0.101. The summed E-state index contributed by atoms with van der Waals surface area (Å²) in [5, 5.41) is 2.62. The van der Waals surface area contributed by atoms with Gasteiger partial charge in [-0.1, -0.05) is 0 Å². The molecule has 2 aromatic rings. The van der Waals surface area contributed by atoms with Gasteiger partial charge in [-0.05, 0) is 0 Å². The third kappa shape index (κ3) is 2.02. The van der Waals surface area contributed by atoms with E-state index in [0.717, 1.165) is 30.6 Å². The molecule has 3 heterocycles. The van der Waals surface area contributed by atoms with E-state index in [1.54, 1.807) is 5.38 Å². The molecule has 2 aromatic heterocycles. The molecule has 94 valence electrons. The molecule has 0 spiro atoms. The Balaban J connectivity index is 1.80. The number of nitrogens with zero attached hydrogens (tertiary/aromatic N) is 4. The van der Waals surface area contributed by atoms with E-state index in [1.165, 1.54) is 11.3 Å². The van der Waals surface area contributed by atoms with Gasteiger partial charge in [-0.25, -0.2) is 9.97 Å². The Morgan fingerprint density at radius 1 is 1.50 bits per heavy atom. The number of carbonyl (C=O) groups excluding carboxylic acids is 1. The van der Waals surface area contributed by atoms with Crippen LogP contribution in [0.2, 0.25) is 0 Å². The summed E-state index contributed by atoms with van der Waals surface area (Å²) in [4.78, 5) is 22.2. The molecule has 0 saturated heterocycles. The molecule has 0 fully saturated rings. The summed E-state index contributed by atoms with van der Waals surface area (Å²) in [5.74, 6) is 0.882. The van der Waals surface area contributed by atoms with Gasteiger partial charge in [-0.3, -0.25) is 4.79 Å². The molecule has 3 rings (SSSR count). The summed E-state index contributed by atoms with van der Waals surface area (Å²) < 4.78 is 2.13. The van der Waals surface area contributed by atoms with Crippen molar-refractivity contribution in [2.75, 3.05) is 17.3 Å². The number of fused-ring (bicyclic) bond motifs is 1. The number of hydrogen-bond acceptors (Lipinski definition) is 5. The van der Waals surface area contributed by atoms with Gasteiger partial charge < -0.3 is 9.47 Å². The summed E-state index contributed by atoms with van der Waals surface area (Å²) in [6.07, 6.45) is 3.79. The van der Waals surface area contributed by atoms with Crippen molar-refractivity contribution in [3.8, 4) is 0 Å². The average Bonchev–Trinajstić information content (AvgIpc) is 3.05. The van der Waals surface area contributed by atoms with Gasteiger partial charge in [0.05, 0.1) is 12.4 Å². The lowest BCUT2D eigenvalue weighted by Gasteiger charge is -2.27. The fraction of sp³-hybridized carbons (Fsp3) is 0.364. The molecule has 0 radical (unpaired) electrons. The van der Waals surface area contributed by atoms with E-state index in [1.807, 2.05) is 12.4 Å². The van der Waals surface area contributed by atoms with Gasteiger partial charge in [-0.15, -0.1) is 22.9 Å². The van der Waals surface area contributed by atoms with E-state index in [2.05, 4.69) is 19.4 Å². The van der Waals surface area contributed by atoms with Crippen molar-refractivity contribution >= 4 is 33.9 Å². The topological polar surface area (TPSA) is 51.0 Å². The van der Waals surface area contributed by atoms with Crippen LogP contribution in [0.4, 0.5) is 5.13 Å². The van der Waals surface area contributed by atoms with Gasteiger partial charge >= 0.3 is 0 Å². The highest BCUT2D eigenvalue weighted by molar-refractivity contribution is 7.13. The number of carbonyl (C=O) groups is 1. The smallest absolute Gasteiger partial charge is 0.196 e. The predicted molar refractivity (Wildman–Crippen MR) is 70.4 cm³/mol. The highest BCUT2D eigenvalue weighted by atomic mass is 35.5. The summed E-state index contributed by atoms with van der Waals surface area (Å²) in [6.45, 7) is 2.51. The molecule has 7 heteroatoms. The average molecular weight is 283 g/mol. The van der Waals surface area contributed by atoms with Gasteiger partial charge in [0.2, 0.25) is 0 Å². The number of anilines is 1. The van der Waals surface area contributed by atoms with E-state index in [9.17, 15) is 4.79 Å². The summed E-state index contributed by atoms with van der Waals surface area (Å²) in [6, 6.07) is 0. The fourth-order valence-electron chi connectivity index (χ4n) is 1.94. The molecule has 1 aliphatic rings. The summed E-state index contributed by atoms with van der Waals surface area (Å²) in [7, 11) is 0. The number of Topliss-reactive ketones (excluding diaryl/α,β-unsaturated/α-hetero) is 1. The Labute approximate surface area is 113 Å². The maximum absolute atomic E-state index is 11.4. The first-order valence-corrected chi connectivity index (χ1v) is 6.99. The van der Waals surface area contributed by atoms with Crippen LogP contribution < -0.4 is 4.90 Å². The zero-order valence-electron chi connectivity index (χ0n) is 9.54. The number of alkyl halides is 1. The molecular weight excluding hydrogens is 272 g/mol. The molecule has 18 heavy (non-hydrogen) atoms. The Kier molecular flexibility index (Phi) is 3.05. The van der Waals surface area contributed by atoms with Gasteiger partial charge in [-0.2, -0.15) is 0 Å². The minimum Gasteiger partial charge on any atom is -0.339 e. The van der Waals surface area contributed by atoms with Crippen LogP contribution in [-0.2, 0) is 13.1 Å². The minimum absolute atomic E-state index is 0.0203. The quantitative estimate of drug-likeness (QED) is 0.636. The van der Waals surface area contributed by atoms with Crippen molar-refractivity contribution < 1.29 is 4.79 Å². The number of hydrogen-bond donors (Lipinski definition) is 0. The Bertz CT molecular complexity index is 579. The van der Waals surface area contributed by atoms with E-state index in [-0.39, 0.29) is 11.7 Å². The molecule has 0 bridgehead atoms. The maximum Gasteiger partial charge on any atom is 0.196 e. The molecule has 0 saturated carbocycles. The van der Waals surface area contributed by atoms with E-state index < -0.39 is 0 Å². The first kappa shape index (κ1) is 11.7. The van der Waals surface area contributed by atoms with Crippen LogP contribution in [0.25, 0.3) is 0 Å². The van der Waals surface area contributed by atoms with Crippen molar-refractivity contribution in [2.24, 2.45) is 0 Å². The van der Waals surface area contributed by atoms with Crippen molar-refractivity contribution in [1.29, 1.82) is 0 Å². The standard InChI is InChI=1S/C11H11ClN4OS/c12-5-9(17)8-7-18-11(14-8)16-4-3-15-2-1-13-10(15)6-16/h1-2,7H,3-6H2. The molecule has 0 atom stereocenters. The van der Waals surface area contributed by atoms with Crippen LogP contribution in [0.15, 0.2) is 17.8 Å².